The second-order valence-corrected chi connectivity index (χ2v) is 37.4. The van der Waals surface area contributed by atoms with Gasteiger partial charge in [0.05, 0.1) is 38.6 Å². The number of carbonyl (C=O) groups is 1. The maximum atomic E-state index is 13.6. The third-order valence-electron chi connectivity index (χ3n) is 26.4. The van der Waals surface area contributed by atoms with Crippen LogP contribution in [0.15, 0.2) is 0 Å². The van der Waals surface area contributed by atoms with E-state index in [4.69, 9.17) is 28.4 Å². The standard InChI is InChI=1S/C100H195NO18/c1-3-5-7-9-11-13-15-17-19-21-23-25-27-29-31-33-35-37-38-39-40-41-42-43-44-46-48-50-52-54-56-58-60-62-64-66-68-70-72-74-76-78-88(106)101-83(84(105)77-75-73-71-69-67-65-63-61-59-57-55-53-51-49-47-45-36-34-32-30-28-26-24-22-20-18-16-14-12-10-8-6-4-2)82-114-98-94(112)91(109)96(86(80-103)116-98)119-100-95(113)92(110)97(87(81-104)117-100)118-99-93(111)90(108)89(107)85(79-102)115-99/h83-87,89-100,102-105,107-113H,3-82H2,1-2H3,(H,101,106). The van der Waals surface area contributed by atoms with Crippen molar-refractivity contribution in [2.45, 2.75) is 606 Å². The SMILES string of the molecule is CCCCCCCCCCCCCCCCCCCCCCCCCCCCCCCCCCCCCCCCCCCC(=O)NC(COC1OC(CO)C(OC2OC(CO)C(OC3OC(CO)C(O)C(O)C3O)C(O)C2O)C(O)C1O)C(O)CCCCCCCCCCCCCCCCCCCCCCCCCCCCCCCCCCC. The van der Waals surface area contributed by atoms with Crippen LogP contribution in [0, 0.1) is 0 Å². The lowest BCUT2D eigenvalue weighted by Gasteiger charge is -2.48. The first kappa shape index (κ1) is 112. The summed E-state index contributed by atoms with van der Waals surface area (Å²) >= 11 is 0. The maximum absolute atomic E-state index is 13.6. The van der Waals surface area contributed by atoms with Crippen LogP contribution in [0.5, 0.6) is 0 Å². The van der Waals surface area contributed by atoms with E-state index < -0.39 is 124 Å². The van der Waals surface area contributed by atoms with E-state index in [1.807, 2.05) is 0 Å². The van der Waals surface area contributed by atoms with Gasteiger partial charge in [0.1, 0.15) is 73.2 Å². The van der Waals surface area contributed by atoms with Crippen molar-refractivity contribution in [3.8, 4) is 0 Å². The second kappa shape index (κ2) is 80.1. The molecule has 0 aromatic heterocycles. The summed E-state index contributed by atoms with van der Waals surface area (Å²) in [5.41, 5.74) is 0. The number of unbranched alkanes of at least 4 members (excludes halogenated alkanes) is 72. The molecule has 19 heteroatoms. The molecule has 119 heavy (non-hydrogen) atoms. The van der Waals surface area contributed by atoms with E-state index in [1.54, 1.807) is 0 Å². The summed E-state index contributed by atoms with van der Waals surface area (Å²) in [7, 11) is 0. The lowest BCUT2D eigenvalue weighted by Crippen LogP contribution is -2.66. The highest BCUT2D eigenvalue weighted by Gasteiger charge is 2.54. The number of amides is 1. The van der Waals surface area contributed by atoms with E-state index in [9.17, 15) is 61.0 Å². The Labute approximate surface area is 729 Å². The molecule has 3 aliphatic rings. The first-order valence-corrected chi connectivity index (χ1v) is 51.8. The Morgan fingerprint density at radius 2 is 0.479 bits per heavy atom. The smallest absolute Gasteiger partial charge is 0.220 e. The number of carbonyl (C=O) groups excluding carboxylic acids is 1. The number of nitrogens with one attached hydrogen (secondary N) is 1. The molecule has 0 aliphatic carbocycles. The maximum Gasteiger partial charge on any atom is 0.220 e. The van der Waals surface area contributed by atoms with Crippen molar-refractivity contribution < 1.29 is 89.4 Å². The van der Waals surface area contributed by atoms with E-state index in [-0.39, 0.29) is 18.9 Å². The van der Waals surface area contributed by atoms with Crippen LogP contribution in [-0.4, -0.2) is 193 Å². The van der Waals surface area contributed by atoms with Crippen LogP contribution in [0.4, 0.5) is 0 Å². The average Bonchev–Trinajstić information content (AvgIpc) is 0.778. The number of hydrogen-bond acceptors (Lipinski definition) is 18. The van der Waals surface area contributed by atoms with Crippen molar-refractivity contribution >= 4 is 5.91 Å². The predicted molar refractivity (Wildman–Crippen MR) is 485 cm³/mol. The third kappa shape index (κ3) is 57.4. The molecule has 17 unspecified atom stereocenters. The van der Waals surface area contributed by atoms with E-state index in [0.29, 0.717) is 12.8 Å². The first-order chi connectivity index (χ1) is 58.3. The zero-order valence-corrected chi connectivity index (χ0v) is 77.2. The molecule has 0 radical (unpaired) electrons. The summed E-state index contributed by atoms with van der Waals surface area (Å²) in [6, 6.07) is -0.885. The molecule has 0 spiro atoms. The molecule has 12 N–H and O–H groups in total. The number of aliphatic hydroxyl groups is 11. The Kier molecular flexibility index (Phi) is 75.4. The summed E-state index contributed by atoms with van der Waals surface area (Å²) in [4.78, 5) is 13.6. The highest BCUT2D eigenvalue weighted by molar-refractivity contribution is 5.76. The number of ether oxygens (including phenoxy) is 6. The monoisotopic (exact) mass is 1700 g/mol. The second-order valence-electron chi connectivity index (χ2n) is 37.4. The summed E-state index contributed by atoms with van der Waals surface area (Å²) < 4.78 is 34.7. The molecule has 0 bridgehead atoms. The lowest BCUT2D eigenvalue weighted by atomic mass is 9.96. The first-order valence-electron chi connectivity index (χ1n) is 51.8. The van der Waals surface area contributed by atoms with Crippen molar-refractivity contribution in [3.63, 3.8) is 0 Å². The van der Waals surface area contributed by atoms with E-state index >= 15 is 0 Å². The quantitative estimate of drug-likeness (QED) is 0.0252. The van der Waals surface area contributed by atoms with Crippen LogP contribution >= 0.6 is 0 Å². The Morgan fingerprint density at radius 3 is 0.731 bits per heavy atom. The zero-order valence-electron chi connectivity index (χ0n) is 77.2. The van der Waals surface area contributed by atoms with Gasteiger partial charge in [0.2, 0.25) is 5.91 Å². The molecule has 0 saturated carbocycles. The minimum Gasteiger partial charge on any atom is -0.394 e. The molecule has 3 saturated heterocycles. The van der Waals surface area contributed by atoms with E-state index in [1.165, 1.54) is 424 Å². The van der Waals surface area contributed by atoms with E-state index in [0.717, 1.165) is 44.9 Å². The summed E-state index contributed by atoms with van der Waals surface area (Å²) in [5, 5.41) is 122. The van der Waals surface area contributed by atoms with Gasteiger partial charge in [-0.3, -0.25) is 4.79 Å². The van der Waals surface area contributed by atoms with Crippen molar-refractivity contribution in [1.29, 1.82) is 0 Å². The van der Waals surface area contributed by atoms with Crippen molar-refractivity contribution in [2.75, 3.05) is 26.4 Å². The van der Waals surface area contributed by atoms with Crippen LogP contribution in [0.25, 0.3) is 0 Å². The van der Waals surface area contributed by atoms with Gasteiger partial charge in [-0.2, -0.15) is 0 Å². The van der Waals surface area contributed by atoms with Crippen LogP contribution < -0.4 is 5.32 Å². The van der Waals surface area contributed by atoms with Gasteiger partial charge in [0.15, 0.2) is 18.9 Å². The molecule has 1 amide bonds. The van der Waals surface area contributed by atoms with Crippen molar-refractivity contribution in [3.05, 3.63) is 0 Å². The number of aliphatic hydroxyl groups excluding tert-OH is 11. The lowest BCUT2D eigenvalue weighted by molar-refractivity contribution is -0.379. The van der Waals surface area contributed by atoms with Crippen LogP contribution in [-0.2, 0) is 33.2 Å². The fraction of sp³-hybridized carbons (Fsp3) is 0.990. The van der Waals surface area contributed by atoms with Crippen LogP contribution in [0.1, 0.15) is 502 Å². The van der Waals surface area contributed by atoms with Crippen molar-refractivity contribution in [1.82, 2.24) is 5.32 Å². The Balaban J connectivity index is 1.26. The van der Waals surface area contributed by atoms with Gasteiger partial charge in [-0.05, 0) is 12.8 Å². The molecule has 17 atom stereocenters. The molecular formula is C100H195NO18. The van der Waals surface area contributed by atoms with Gasteiger partial charge >= 0.3 is 0 Å². The Bertz CT molecular complexity index is 2140. The normalized spacial score (nSPS) is 24.1. The highest BCUT2D eigenvalue weighted by Crippen LogP contribution is 2.34. The largest absolute Gasteiger partial charge is 0.394 e. The topological polar surface area (TPSA) is 307 Å². The van der Waals surface area contributed by atoms with Gasteiger partial charge in [-0.1, -0.05) is 483 Å². The molecule has 0 aromatic carbocycles. The molecule has 19 nitrogen and oxygen atoms in total. The predicted octanol–water partition coefficient (Wildman–Crippen LogP) is 22.0. The number of rotatable bonds is 88. The molecule has 3 heterocycles. The minimum atomic E-state index is -1.97. The van der Waals surface area contributed by atoms with Crippen LogP contribution in [0.3, 0.4) is 0 Å². The van der Waals surface area contributed by atoms with Gasteiger partial charge < -0.3 is 89.9 Å². The summed E-state index contributed by atoms with van der Waals surface area (Å²) in [6.07, 6.45) is 74.1. The third-order valence-corrected chi connectivity index (χ3v) is 26.4. The van der Waals surface area contributed by atoms with Gasteiger partial charge in [0, 0.05) is 6.42 Å². The minimum absolute atomic E-state index is 0.229. The van der Waals surface area contributed by atoms with Crippen LogP contribution in [0.2, 0.25) is 0 Å². The van der Waals surface area contributed by atoms with Crippen molar-refractivity contribution in [2.24, 2.45) is 0 Å². The molecule has 3 fully saturated rings. The highest BCUT2D eigenvalue weighted by atomic mass is 16.8. The molecular weight excluding hydrogens is 1500 g/mol. The number of hydrogen-bond donors (Lipinski definition) is 12. The van der Waals surface area contributed by atoms with Gasteiger partial charge in [-0.25, -0.2) is 0 Å². The Hall–Kier alpha value is -1.21. The molecule has 3 aliphatic heterocycles. The van der Waals surface area contributed by atoms with Gasteiger partial charge in [0.25, 0.3) is 0 Å². The molecule has 708 valence electrons. The average molecular weight is 1700 g/mol. The molecule has 0 aromatic rings. The Morgan fingerprint density at radius 1 is 0.269 bits per heavy atom. The summed E-state index contributed by atoms with van der Waals surface area (Å²) in [5.74, 6) is -0.229. The fourth-order valence-corrected chi connectivity index (χ4v) is 18.3. The molecule has 3 rings (SSSR count). The van der Waals surface area contributed by atoms with Gasteiger partial charge in [-0.15, -0.1) is 0 Å². The van der Waals surface area contributed by atoms with E-state index in [2.05, 4.69) is 19.2 Å². The zero-order chi connectivity index (χ0) is 85.9. The summed E-state index contributed by atoms with van der Waals surface area (Å²) in [6.45, 7) is 1.91. The fourth-order valence-electron chi connectivity index (χ4n) is 18.3.